The van der Waals surface area contributed by atoms with Crippen LogP contribution in [-0.4, -0.2) is 16.6 Å². The van der Waals surface area contributed by atoms with Crippen molar-refractivity contribution in [2.24, 2.45) is 5.73 Å². The van der Waals surface area contributed by atoms with E-state index in [9.17, 15) is 4.39 Å². The Morgan fingerprint density at radius 2 is 2.29 bits per heavy atom. The molecule has 0 atom stereocenters. The number of benzene rings is 1. The van der Waals surface area contributed by atoms with E-state index in [4.69, 9.17) is 10.5 Å². The molecule has 90 valence electrons. The minimum Gasteiger partial charge on any atom is -0.491 e. The lowest BCUT2D eigenvalue weighted by Crippen LogP contribution is -1.98. The summed E-state index contributed by atoms with van der Waals surface area (Å²) in [6.45, 7) is 2.59. The summed E-state index contributed by atoms with van der Waals surface area (Å²) in [4.78, 5) is 7.08. The first-order valence-electron chi connectivity index (χ1n) is 5.41. The Morgan fingerprint density at radius 3 is 2.88 bits per heavy atom. The second kappa shape index (κ2) is 4.97. The number of H-pyrrole nitrogens is 1. The molecule has 0 fully saturated rings. The van der Waals surface area contributed by atoms with Gasteiger partial charge < -0.3 is 15.5 Å². The second-order valence-electron chi connectivity index (χ2n) is 3.53. The van der Waals surface area contributed by atoms with Crippen LogP contribution in [0.25, 0.3) is 11.3 Å². The van der Waals surface area contributed by atoms with Crippen LogP contribution in [-0.2, 0) is 6.54 Å². The van der Waals surface area contributed by atoms with Crippen molar-refractivity contribution in [2.75, 3.05) is 6.61 Å². The predicted octanol–water partition coefficient (Wildman–Crippen LogP) is 2.07. The molecule has 0 bridgehead atoms. The maximum Gasteiger partial charge on any atom is 0.165 e. The molecule has 1 heterocycles. The average molecular weight is 235 g/mol. The highest BCUT2D eigenvalue weighted by Gasteiger charge is 2.07. The van der Waals surface area contributed by atoms with E-state index in [1.54, 1.807) is 18.3 Å². The van der Waals surface area contributed by atoms with Gasteiger partial charge >= 0.3 is 0 Å². The molecule has 0 saturated carbocycles. The molecule has 3 N–H and O–H groups in total. The van der Waals surface area contributed by atoms with Gasteiger partial charge in [0.25, 0.3) is 0 Å². The molecule has 4 nitrogen and oxygen atoms in total. The Labute approximate surface area is 98.6 Å². The van der Waals surface area contributed by atoms with Gasteiger partial charge in [0.2, 0.25) is 0 Å². The molecule has 0 aliphatic heterocycles. The third-order valence-electron chi connectivity index (χ3n) is 2.36. The normalized spacial score (nSPS) is 10.5. The number of aromatic nitrogens is 2. The molecule has 2 rings (SSSR count). The standard InChI is InChI=1S/C12H14FN3O/c1-2-17-11-4-3-8(5-9(11)13)10-7-15-12(6-14)16-10/h3-5,7H,2,6,14H2,1H3,(H,15,16). The number of aromatic amines is 1. The van der Waals surface area contributed by atoms with E-state index < -0.39 is 0 Å². The van der Waals surface area contributed by atoms with Gasteiger partial charge in [-0.15, -0.1) is 0 Å². The van der Waals surface area contributed by atoms with Crippen molar-refractivity contribution in [1.29, 1.82) is 0 Å². The van der Waals surface area contributed by atoms with Gasteiger partial charge in [0.1, 0.15) is 5.82 Å². The molecule has 0 aliphatic carbocycles. The van der Waals surface area contributed by atoms with Crippen molar-refractivity contribution in [3.8, 4) is 17.0 Å². The van der Waals surface area contributed by atoms with Crippen molar-refractivity contribution in [1.82, 2.24) is 9.97 Å². The molecule has 1 aromatic heterocycles. The van der Waals surface area contributed by atoms with Gasteiger partial charge in [0.05, 0.1) is 25.0 Å². The average Bonchev–Trinajstić information content (AvgIpc) is 2.80. The molecule has 0 aliphatic rings. The van der Waals surface area contributed by atoms with Crippen LogP contribution in [0.2, 0.25) is 0 Å². The Balaban J connectivity index is 2.30. The number of nitrogens with one attached hydrogen (secondary N) is 1. The second-order valence-corrected chi connectivity index (χ2v) is 3.53. The summed E-state index contributed by atoms with van der Waals surface area (Å²) in [6.07, 6.45) is 1.64. The van der Waals surface area contributed by atoms with E-state index in [0.717, 1.165) is 11.3 Å². The summed E-state index contributed by atoms with van der Waals surface area (Å²) in [6, 6.07) is 4.80. The summed E-state index contributed by atoms with van der Waals surface area (Å²) >= 11 is 0. The quantitative estimate of drug-likeness (QED) is 0.852. The first-order valence-corrected chi connectivity index (χ1v) is 5.41. The monoisotopic (exact) mass is 235 g/mol. The van der Waals surface area contributed by atoms with E-state index in [1.165, 1.54) is 6.07 Å². The van der Waals surface area contributed by atoms with Crippen LogP contribution in [0.4, 0.5) is 4.39 Å². The number of hydrogen-bond donors (Lipinski definition) is 2. The predicted molar refractivity (Wildman–Crippen MR) is 63.0 cm³/mol. The van der Waals surface area contributed by atoms with Gasteiger partial charge in [-0.05, 0) is 25.1 Å². The topological polar surface area (TPSA) is 63.9 Å². The van der Waals surface area contributed by atoms with E-state index in [-0.39, 0.29) is 11.6 Å². The van der Waals surface area contributed by atoms with Crippen LogP contribution >= 0.6 is 0 Å². The molecule has 0 radical (unpaired) electrons. The molecule has 0 amide bonds. The van der Waals surface area contributed by atoms with E-state index in [0.29, 0.717) is 19.0 Å². The third kappa shape index (κ3) is 2.45. The summed E-state index contributed by atoms with van der Waals surface area (Å²) in [5, 5.41) is 0. The zero-order valence-electron chi connectivity index (χ0n) is 9.53. The van der Waals surface area contributed by atoms with Gasteiger partial charge in [-0.2, -0.15) is 0 Å². The van der Waals surface area contributed by atoms with Crippen LogP contribution in [0.3, 0.4) is 0 Å². The first-order chi connectivity index (χ1) is 8.24. The number of nitrogens with zero attached hydrogens (tertiary/aromatic N) is 1. The van der Waals surface area contributed by atoms with Gasteiger partial charge in [0, 0.05) is 5.56 Å². The van der Waals surface area contributed by atoms with Gasteiger partial charge in [0.15, 0.2) is 11.6 Å². The molecule has 0 spiro atoms. The number of hydrogen-bond acceptors (Lipinski definition) is 3. The molecule has 2 aromatic rings. The number of halogens is 1. The smallest absolute Gasteiger partial charge is 0.165 e. The number of nitrogens with two attached hydrogens (primary N) is 1. The Kier molecular flexibility index (Phi) is 3.39. The van der Waals surface area contributed by atoms with Crippen molar-refractivity contribution in [3.05, 3.63) is 36.0 Å². The number of ether oxygens (including phenoxy) is 1. The van der Waals surface area contributed by atoms with Crippen molar-refractivity contribution in [3.63, 3.8) is 0 Å². The fourth-order valence-corrected chi connectivity index (χ4v) is 1.55. The zero-order valence-corrected chi connectivity index (χ0v) is 9.53. The highest BCUT2D eigenvalue weighted by Crippen LogP contribution is 2.24. The maximum atomic E-state index is 13.6. The Hall–Kier alpha value is -1.88. The maximum absolute atomic E-state index is 13.6. The van der Waals surface area contributed by atoms with Gasteiger partial charge in [-0.3, -0.25) is 0 Å². The molecular formula is C12H14FN3O. The van der Waals surface area contributed by atoms with Crippen LogP contribution in [0.15, 0.2) is 24.4 Å². The van der Waals surface area contributed by atoms with Gasteiger partial charge in [-0.25, -0.2) is 9.37 Å². The molecular weight excluding hydrogens is 221 g/mol. The highest BCUT2D eigenvalue weighted by molar-refractivity contribution is 5.59. The van der Waals surface area contributed by atoms with Crippen molar-refractivity contribution in [2.45, 2.75) is 13.5 Å². The fraction of sp³-hybridized carbons (Fsp3) is 0.250. The first kappa shape index (κ1) is 11.6. The SMILES string of the molecule is CCOc1ccc(-c2cnc(CN)[nH]2)cc1F. The van der Waals surface area contributed by atoms with E-state index in [2.05, 4.69) is 9.97 Å². The molecule has 17 heavy (non-hydrogen) atoms. The minimum absolute atomic E-state index is 0.259. The number of rotatable bonds is 4. The van der Waals surface area contributed by atoms with Crippen molar-refractivity contribution >= 4 is 0 Å². The summed E-state index contributed by atoms with van der Waals surface area (Å²) in [7, 11) is 0. The van der Waals surface area contributed by atoms with Crippen molar-refractivity contribution < 1.29 is 9.13 Å². The van der Waals surface area contributed by atoms with Crippen LogP contribution in [0, 0.1) is 5.82 Å². The highest BCUT2D eigenvalue weighted by atomic mass is 19.1. The van der Waals surface area contributed by atoms with Crippen LogP contribution < -0.4 is 10.5 Å². The molecule has 0 unspecified atom stereocenters. The summed E-state index contributed by atoms with van der Waals surface area (Å²) in [5.41, 5.74) is 6.91. The largest absolute Gasteiger partial charge is 0.491 e. The van der Waals surface area contributed by atoms with Gasteiger partial charge in [-0.1, -0.05) is 0 Å². The zero-order chi connectivity index (χ0) is 12.3. The molecule has 1 aromatic carbocycles. The molecule has 0 saturated heterocycles. The van der Waals surface area contributed by atoms with Crippen LogP contribution in [0.1, 0.15) is 12.7 Å². The lowest BCUT2D eigenvalue weighted by molar-refractivity contribution is 0.321. The lowest BCUT2D eigenvalue weighted by Gasteiger charge is -2.05. The Bertz CT molecular complexity index is 510. The van der Waals surface area contributed by atoms with Crippen LogP contribution in [0.5, 0.6) is 5.75 Å². The minimum atomic E-state index is -0.381. The molecule has 5 heteroatoms. The fourth-order valence-electron chi connectivity index (χ4n) is 1.55. The third-order valence-corrected chi connectivity index (χ3v) is 2.36. The lowest BCUT2D eigenvalue weighted by atomic mass is 10.1. The Morgan fingerprint density at radius 1 is 1.47 bits per heavy atom. The number of imidazole rings is 1. The van der Waals surface area contributed by atoms with E-state index in [1.807, 2.05) is 6.92 Å². The van der Waals surface area contributed by atoms with E-state index >= 15 is 0 Å². The summed E-state index contributed by atoms with van der Waals surface area (Å²) < 4.78 is 18.8. The summed E-state index contributed by atoms with van der Waals surface area (Å²) in [5.74, 6) is 0.553.